The molecule has 0 radical (unpaired) electrons. The zero-order valence-corrected chi connectivity index (χ0v) is 11.2. The van der Waals surface area contributed by atoms with Crippen molar-refractivity contribution >= 4 is 11.9 Å². The second kappa shape index (κ2) is 3.93. The first-order valence-corrected chi connectivity index (χ1v) is 6.03. The van der Waals surface area contributed by atoms with Gasteiger partial charge < -0.3 is 4.74 Å². The van der Waals surface area contributed by atoms with Gasteiger partial charge in [0.2, 0.25) is 0 Å². The van der Waals surface area contributed by atoms with Gasteiger partial charge in [-0.2, -0.15) is 0 Å². The van der Waals surface area contributed by atoms with E-state index in [0.717, 1.165) is 12.8 Å². The number of ketones is 1. The van der Waals surface area contributed by atoms with Gasteiger partial charge in [-0.15, -0.1) is 0 Å². The molecule has 18 heavy (non-hydrogen) atoms. The van der Waals surface area contributed by atoms with Crippen molar-refractivity contribution in [3.63, 3.8) is 0 Å². The maximum atomic E-state index is 11.8. The molecule has 5 heteroatoms. The first-order valence-electron chi connectivity index (χ1n) is 6.03. The van der Waals surface area contributed by atoms with Crippen LogP contribution in [0, 0.1) is 0 Å². The lowest BCUT2D eigenvalue weighted by Gasteiger charge is -2.19. The SMILES string of the molecule is CC(=O)C1(c2cn(C(=O)OC(C)(C)C)cn2)CC1. The molecule has 2 rings (SSSR count). The first kappa shape index (κ1) is 12.8. The highest BCUT2D eigenvalue weighted by Crippen LogP contribution is 2.48. The quantitative estimate of drug-likeness (QED) is 0.808. The van der Waals surface area contributed by atoms with Crippen molar-refractivity contribution in [3.05, 3.63) is 18.2 Å². The van der Waals surface area contributed by atoms with E-state index < -0.39 is 17.1 Å². The van der Waals surface area contributed by atoms with Gasteiger partial charge in [-0.05, 0) is 40.5 Å². The fourth-order valence-electron chi connectivity index (χ4n) is 1.90. The van der Waals surface area contributed by atoms with Crippen LogP contribution in [0.3, 0.4) is 0 Å². The van der Waals surface area contributed by atoms with E-state index in [1.54, 1.807) is 33.9 Å². The molecule has 98 valence electrons. The minimum Gasteiger partial charge on any atom is -0.443 e. The Morgan fingerprint density at radius 2 is 2.00 bits per heavy atom. The minimum atomic E-state index is -0.542. The van der Waals surface area contributed by atoms with Crippen LogP contribution < -0.4 is 0 Å². The summed E-state index contributed by atoms with van der Waals surface area (Å²) in [6.07, 6.45) is 4.16. The molecule has 0 amide bonds. The second-order valence-electron chi connectivity index (χ2n) is 5.78. The van der Waals surface area contributed by atoms with Crippen LogP contribution in [-0.2, 0) is 14.9 Å². The van der Waals surface area contributed by atoms with Crippen molar-refractivity contribution in [1.82, 2.24) is 9.55 Å². The number of imidazole rings is 1. The molecule has 0 atom stereocenters. The molecule has 0 saturated heterocycles. The van der Waals surface area contributed by atoms with Gasteiger partial charge in [0.05, 0.1) is 11.1 Å². The van der Waals surface area contributed by atoms with Crippen molar-refractivity contribution in [2.45, 2.75) is 51.6 Å². The smallest absolute Gasteiger partial charge is 0.419 e. The van der Waals surface area contributed by atoms with Crippen LogP contribution in [0.5, 0.6) is 0 Å². The summed E-state index contributed by atoms with van der Waals surface area (Å²) in [5.41, 5.74) is -0.326. The number of carbonyl (C=O) groups is 2. The van der Waals surface area contributed by atoms with E-state index in [-0.39, 0.29) is 5.78 Å². The zero-order chi connectivity index (χ0) is 13.6. The Bertz CT molecular complexity index is 493. The van der Waals surface area contributed by atoms with Crippen LogP contribution in [0.4, 0.5) is 4.79 Å². The highest BCUT2D eigenvalue weighted by atomic mass is 16.6. The van der Waals surface area contributed by atoms with Crippen molar-refractivity contribution in [3.8, 4) is 0 Å². The molecule has 1 aromatic rings. The van der Waals surface area contributed by atoms with E-state index in [9.17, 15) is 9.59 Å². The minimum absolute atomic E-state index is 0.108. The largest absolute Gasteiger partial charge is 0.443 e. The van der Waals surface area contributed by atoms with Gasteiger partial charge in [0.1, 0.15) is 17.7 Å². The van der Waals surface area contributed by atoms with Gasteiger partial charge >= 0.3 is 6.09 Å². The monoisotopic (exact) mass is 250 g/mol. The molecule has 1 aromatic heterocycles. The van der Waals surface area contributed by atoms with Crippen molar-refractivity contribution in [2.75, 3.05) is 0 Å². The predicted octanol–water partition coefficient (Wildman–Crippen LogP) is 2.29. The molecule has 5 nitrogen and oxygen atoms in total. The Morgan fingerprint density at radius 1 is 1.39 bits per heavy atom. The normalized spacial score (nSPS) is 17.3. The molecular formula is C13H18N2O3. The lowest BCUT2D eigenvalue weighted by molar-refractivity contribution is -0.119. The summed E-state index contributed by atoms with van der Waals surface area (Å²) < 4.78 is 6.52. The molecule has 0 aromatic carbocycles. The van der Waals surface area contributed by atoms with Gasteiger partial charge in [0.15, 0.2) is 0 Å². The average molecular weight is 250 g/mol. The van der Waals surface area contributed by atoms with Crippen LogP contribution in [0.15, 0.2) is 12.5 Å². The number of aromatic nitrogens is 2. The summed E-state index contributed by atoms with van der Waals surface area (Å²) in [4.78, 5) is 27.5. The van der Waals surface area contributed by atoms with Crippen molar-refractivity contribution in [1.29, 1.82) is 0 Å². The number of carbonyl (C=O) groups excluding carboxylic acids is 2. The number of nitrogens with zero attached hydrogens (tertiary/aromatic N) is 2. The summed E-state index contributed by atoms with van der Waals surface area (Å²) >= 11 is 0. The number of ether oxygens (including phenoxy) is 1. The van der Waals surface area contributed by atoms with Crippen LogP contribution in [-0.4, -0.2) is 27.0 Å². The maximum absolute atomic E-state index is 11.8. The van der Waals surface area contributed by atoms with E-state index >= 15 is 0 Å². The molecule has 1 saturated carbocycles. The third-order valence-corrected chi connectivity index (χ3v) is 3.10. The third kappa shape index (κ3) is 2.30. The van der Waals surface area contributed by atoms with Crippen LogP contribution in [0.2, 0.25) is 0 Å². The van der Waals surface area contributed by atoms with Gasteiger partial charge in [-0.1, -0.05) is 0 Å². The Balaban J connectivity index is 2.17. The van der Waals surface area contributed by atoms with E-state index in [1.807, 2.05) is 0 Å². The Morgan fingerprint density at radius 3 is 2.44 bits per heavy atom. The average Bonchev–Trinajstić information content (AvgIpc) is 2.87. The van der Waals surface area contributed by atoms with Crippen LogP contribution in [0.25, 0.3) is 0 Å². The lowest BCUT2D eigenvalue weighted by Crippen LogP contribution is -2.26. The van der Waals surface area contributed by atoms with Crippen molar-refractivity contribution < 1.29 is 14.3 Å². The van der Waals surface area contributed by atoms with Gasteiger partial charge in [-0.25, -0.2) is 14.3 Å². The summed E-state index contributed by atoms with van der Waals surface area (Å²) in [5, 5.41) is 0. The summed E-state index contributed by atoms with van der Waals surface area (Å²) in [6, 6.07) is 0. The topological polar surface area (TPSA) is 61.2 Å². The van der Waals surface area contributed by atoms with Gasteiger partial charge in [0, 0.05) is 6.20 Å². The molecule has 0 aliphatic heterocycles. The number of Topliss-reactive ketones (excluding diaryl/α,β-unsaturated/α-hetero) is 1. The standard InChI is InChI=1S/C13H18N2O3/c1-9(16)13(5-6-13)10-7-15(8-14-10)11(17)18-12(2,3)4/h7-8H,5-6H2,1-4H3. The molecule has 1 heterocycles. The molecule has 1 aliphatic carbocycles. The number of hydrogen-bond acceptors (Lipinski definition) is 4. The molecule has 0 N–H and O–H groups in total. The maximum Gasteiger partial charge on any atom is 0.419 e. The molecule has 0 unspecified atom stereocenters. The molecular weight excluding hydrogens is 232 g/mol. The van der Waals surface area contributed by atoms with Crippen LogP contribution >= 0.6 is 0 Å². The Hall–Kier alpha value is -1.65. The fraction of sp³-hybridized carbons (Fsp3) is 0.615. The fourth-order valence-corrected chi connectivity index (χ4v) is 1.90. The molecule has 1 fully saturated rings. The van der Waals surface area contributed by atoms with Gasteiger partial charge in [-0.3, -0.25) is 4.79 Å². The summed E-state index contributed by atoms with van der Waals surface area (Å²) in [5.74, 6) is 0.108. The molecule has 0 bridgehead atoms. The number of hydrogen-bond donors (Lipinski definition) is 0. The van der Waals surface area contributed by atoms with Crippen LogP contribution in [0.1, 0.15) is 46.2 Å². The summed E-state index contributed by atoms with van der Waals surface area (Å²) in [7, 11) is 0. The van der Waals surface area contributed by atoms with E-state index in [4.69, 9.17) is 4.74 Å². The second-order valence-corrected chi connectivity index (χ2v) is 5.78. The van der Waals surface area contributed by atoms with E-state index in [1.165, 1.54) is 10.9 Å². The number of rotatable bonds is 2. The highest BCUT2D eigenvalue weighted by molar-refractivity contribution is 5.90. The Kier molecular flexibility index (Phi) is 2.80. The lowest BCUT2D eigenvalue weighted by atomic mass is 9.99. The zero-order valence-electron chi connectivity index (χ0n) is 11.2. The van der Waals surface area contributed by atoms with E-state index in [2.05, 4.69) is 4.98 Å². The van der Waals surface area contributed by atoms with Gasteiger partial charge in [0.25, 0.3) is 0 Å². The predicted molar refractivity (Wildman–Crippen MR) is 65.5 cm³/mol. The van der Waals surface area contributed by atoms with Crippen molar-refractivity contribution in [2.24, 2.45) is 0 Å². The molecule has 0 spiro atoms. The first-order chi connectivity index (χ1) is 8.24. The van der Waals surface area contributed by atoms with E-state index in [0.29, 0.717) is 5.69 Å². The molecule has 1 aliphatic rings. The third-order valence-electron chi connectivity index (χ3n) is 3.10. The highest BCUT2D eigenvalue weighted by Gasteiger charge is 2.50. The summed E-state index contributed by atoms with van der Waals surface area (Å²) in [6.45, 7) is 6.99. The Labute approximate surface area is 106 Å².